The molecule has 0 fully saturated rings. The van der Waals surface area contributed by atoms with Crippen molar-refractivity contribution in [2.45, 2.75) is 11.4 Å². The van der Waals surface area contributed by atoms with Crippen molar-refractivity contribution in [3.63, 3.8) is 0 Å². The van der Waals surface area contributed by atoms with Gasteiger partial charge >= 0.3 is 0 Å². The van der Waals surface area contributed by atoms with Gasteiger partial charge in [0.05, 0.1) is 23.4 Å². The summed E-state index contributed by atoms with van der Waals surface area (Å²) in [6, 6.07) is 10.8. The molecule has 1 heterocycles. The first-order valence-electron chi connectivity index (χ1n) is 7.82. The molecule has 25 heavy (non-hydrogen) atoms. The van der Waals surface area contributed by atoms with E-state index in [0.29, 0.717) is 4.47 Å². The molecule has 6 nitrogen and oxygen atoms in total. The van der Waals surface area contributed by atoms with Gasteiger partial charge in [0.1, 0.15) is 5.75 Å². The Morgan fingerprint density at radius 1 is 1.28 bits per heavy atom. The second-order valence-corrected chi connectivity index (χ2v) is 8.41. The molecule has 2 aromatic carbocycles. The number of ether oxygens (including phenoxy) is 1. The molecular formula is C17H20BrN3O3S. The van der Waals surface area contributed by atoms with Crippen LogP contribution in [0.4, 0.5) is 11.4 Å². The zero-order chi connectivity index (χ0) is 18.0. The Bertz CT molecular complexity index is 869. The van der Waals surface area contributed by atoms with Crippen LogP contribution >= 0.6 is 15.9 Å². The highest BCUT2D eigenvalue weighted by Gasteiger charge is 2.22. The van der Waals surface area contributed by atoms with E-state index in [-0.39, 0.29) is 11.4 Å². The third-order valence-electron chi connectivity index (χ3n) is 4.14. The number of anilines is 2. The first-order chi connectivity index (χ1) is 11.9. The maximum absolute atomic E-state index is 12.7. The van der Waals surface area contributed by atoms with Crippen molar-refractivity contribution in [3.8, 4) is 5.75 Å². The normalized spacial score (nSPS) is 14.0. The van der Waals surface area contributed by atoms with Crippen LogP contribution in [-0.2, 0) is 16.6 Å². The lowest BCUT2D eigenvalue weighted by atomic mass is 10.2. The molecule has 0 amide bonds. The number of methoxy groups -OCH3 is 1. The zero-order valence-electron chi connectivity index (χ0n) is 14.0. The Labute approximate surface area is 156 Å². The van der Waals surface area contributed by atoms with Crippen LogP contribution in [-0.4, -0.2) is 35.7 Å². The van der Waals surface area contributed by atoms with Gasteiger partial charge in [0.2, 0.25) is 10.0 Å². The fourth-order valence-corrected chi connectivity index (χ4v) is 4.76. The quantitative estimate of drug-likeness (QED) is 0.770. The van der Waals surface area contributed by atoms with Gasteiger partial charge < -0.3 is 15.0 Å². The van der Waals surface area contributed by atoms with E-state index in [4.69, 9.17) is 4.74 Å². The summed E-state index contributed by atoms with van der Waals surface area (Å²) in [5, 5.41) is 3.25. The first-order valence-corrected chi connectivity index (χ1v) is 10.1. The molecule has 0 aliphatic carbocycles. The minimum atomic E-state index is -3.64. The maximum Gasteiger partial charge on any atom is 0.242 e. The molecule has 0 aromatic heterocycles. The SMILES string of the molecule is COc1ccc(CNS(=O)(=O)c2cc3c(cc2Br)N(C)CCN3)cc1. The smallest absolute Gasteiger partial charge is 0.242 e. The highest BCUT2D eigenvalue weighted by molar-refractivity contribution is 9.10. The summed E-state index contributed by atoms with van der Waals surface area (Å²) in [6.07, 6.45) is 0. The molecule has 8 heteroatoms. The molecule has 0 bridgehead atoms. The second-order valence-electron chi connectivity index (χ2n) is 5.82. The summed E-state index contributed by atoms with van der Waals surface area (Å²) in [4.78, 5) is 2.32. The average molecular weight is 426 g/mol. The van der Waals surface area contributed by atoms with E-state index in [0.717, 1.165) is 35.8 Å². The van der Waals surface area contributed by atoms with Crippen molar-refractivity contribution in [3.05, 3.63) is 46.4 Å². The van der Waals surface area contributed by atoms with E-state index in [1.165, 1.54) is 0 Å². The average Bonchev–Trinajstić information content (AvgIpc) is 2.61. The molecule has 0 saturated heterocycles. The number of sulfonamides is 1. The molecule has 0 saturated carbocycles. The molecule has 2 aromatic rings. The number of hydrogen-bond donors (Lipinski definition) is 2. The summed E-state index contributed by atoms with van der Waals surface area (Å²) < 4.78 is 33.7. The topological polar surface area (TPSA) is 70.7 Å². The van der Waals surface area contributed by atoms with Crippen molar-refractivity contribution in [1.29, 1.82) is 0 Å². The number of rotatable bonds is 5. The van der Waals surface area contributed by atoms with Gasteiger partial charge in [-0.15, -0.1) is 0 Å². The van der Waals surface area contributed by atoms with E-state index in [1.807, 2.05) is 25.2 Å². The van der Waals surface area contributed by atoms with E-state index in [1.54, 1.807) is 25.3 Å². The predicted octanol–water partition coefficient (Wildman–Crippen LogP) is 2.80. The largest absolute Gasteiger partial charge is 0.497 e. The van der Waals surface area contributed by atoms with Crippen molar-refractivity contribution < 1.29 is 13.2 Å². The standard InChI is InChI=1S/C17H20BrN3O3S/c1-21-8-7-19-15-10-17(14(18)9-16(15)21)25(22,23)20-11-12-3-5-13(24-2)6-4-12/h3-6,9-10,19-20H,7-8,11H2,1-2H3. The Morgan fingerprint density at radius 2 is 2.00 bits per heavy atom. The van der Waals surface area contributed by atoms with Gasteiger partial charge in [-0.25, -0.2) is 13.1 Å². The molecule has 0 unspecified atom stereocenters. The number of hydrogen-bond acceptors (Lipinski definition) is 5. The van der Waals surface area contributed by atoms with Crippen LogP contribution in [0.2, 0.25) is 0 Å². The number of fused-ring (bicyclic) bond motifs is 1. The van der Waals surface area contributed by atoms with Crippen LogP contribution < -0.4 is 19.7 Å². The Balaban J connectivity index is 1.82. The summed E-state index contributed by atoms with van der Waals surface area (Å²) >= 11 is 3.39. The minimum absolute atomic E-state index is 0.211. The second kappa shape index (κ2) is 7.23. The molecule has 1 aliphatic heterocycles. The van der Waals surface area contributed by atoms with Crippen molar-refractivity contribution in [2.24, 2.45) is 0 Å². The Hall–Kier alpha value is -1.77. The van der Waals surface area contributed by atoms with Crippen molar-refractivity contribution >= 4 is 37.3 Å². The third kappa shape index (κ3) is 3.91. The van der Waals surface area contributed by atoms with Crippen LogP contribution in [0.15, 0.2) is 45.8 Å². The van der Waals surface area contributed by atoms with Gasteiger partial charge in [0.15, 0.2) is 0 Å². The van der Waals surface area contributed by atoms with Gasteiger partial charge in [0, 0.05) is 31.2 Å². The van der Waals surface area contributed by atoms with E-state index < -0.39 is 10.0 Å². The summed E-state index contributed by atoms with van der Waals surface area (Å²) in [5.74, 6) is 0.735. The first kappa shape index (κ1) is 18.0. The molecule has 134 valence electrons. The van der Waals surface area contributed by atoms with Gasteiger partial charge in [0.25, 0.3) is 0 Å². The lowest BCUT2D eigenvalue weighted by molar-refractivity contribution is 0.414. The lowest BCUT2D eigenvalue weighted by Gasteiger charge is -2.29. The molecule has 0 radical (unpaired) electrons. The third-order valence-corrected chi connectivity index (χ3v) is 6.50. The van der Waals surface area contributed by atoms with Gasteiger partial charge in [-0.05, 0) is 45.8 Å². The Morgan fingerprint density at radius 3 is 2.68 bits per heavy atom. The van der Waals surface area contributed by atoms with Crippen molar-refractivity contribution in [1.82, 2.24) is 4.72 Å². The molecule has 3 rings (SSSR count). The maximum atomic E-state index is 12.7. The number of nitrogens with zero attached hydrogens (tertiary/aromatic N) is 1. The fraction of sp³-hybridized carbons (Fsp3) is 0.294. The van der Waals surface area contributed by atoms with Gasteiger partial charge in [-0.2, -0.15) is 0 Å². The van der Waals surface area contributed by atoms with Gasteiger partial charge in [-0.1, -0.05) is 12.1 Å². The van der Waals surface area contributed by atoms with Crippen LogP contribution in [0, 0.1) is 0 Å². The number of likely N-dealkylation sites (N-methyl/N-ethyl adjacent to an activating group) is 1. The molecule has 2 N–H and O–H groups in total. The summed E-state index contributed by atoms with van der Waals surface area (Å²) in [5.41, 5.74) is 2.66. The molecule has 0 atom stereocenters. The molecular weight excluding hydrogens is 406 g/mol. The minimum Gasteiger partial charge on any atom is -0.497 e. The van der Waals surface area contributed by atoms with Gasteiger partial charge in [-0.3, -0.25) is 0 Å². The van der Waals surface area contributed by atoms with E-state index >= 15 is 0 Å². The van der Waals surface area contributed by atoms with Crippen molar-refractivity contribution in [2.75, 3.05) is 37.5 Å². The van der Waals surface area contributed by atoms with Crippen LogP contribution in [0.25, 0.3) is 0 Å². The Kier molecular flexibility index (Phi) is 5.21. The predicted molar refractivity (Wildman–Crippen MR) is 103 cm³/mol. The monoisotopic (exact) mass is 425 g/mol. The lowest BCUT2D eigenvalue weighted by Crippen LogP contribution is -2.31. The van der Waals surface area contributed by atoms with E-state index in [9.17, 15) is 8.42 Å². The van der Waals surface area contributed by atoms with Crippen LogP contribution in [0.1, 0.15) is 5.56 Å². The molecule has 0 spiro atoms. The summed E-state index contributed by atoms with van der Waals surface area (Å²) in [7, 11) is -0.0601. The number of benzene rings is 2. The number of halogens is 1. The van der Waals surface area contributed by atoms with Crippen LogP contribution in [0.5, 0.6) is 5.75 Å². The molecule has 1 aliphatic rings. The fourth-order valence-electron chi connectivity index (χ4n) is 2.68. The zero-order valence-corrected chi connectivity index (χ0v) is 16.4. The highest BCUT2D eigenvalue weighted by Crippen LogP contribution is 2.35. The summed E-state index contributed by atoms with van der Waals surface area (Å²) in [6.45, 7) is 1.87. The highest BCUT2D eigenvalue weighted by atomic mass is 79.9. The van der Waals surface area contributed by atoms with E-state index in [2.05, 4.69) is 30.9 Å². The van der Waals surface area contributed by atoms with Crippen LogP contribution in [0.3, 0.4) is 0 Å². The number of nitrogens with one attached hydrogen (secondary N) is 2.